The summed E-state index contributed by atoms with van der Waals surface area (Å²) in [5.41, 5.74) is 1.13. The van der Waals surface area contributed by atoms with Crippen molar-refractivity contribution in [1.82, 2.24) is 14.5 Å². The van der Waals surface area contributed by atoms with Gasteiger partial charge in [0.1, 0.15) is 11.6 Å². The minimum absolute atomic E-state index is 0.0645. The second-order valence-corrected chi connectivity index (χ2v) is 7.83. The molecule has 3 aromatic rings. The predicted octanol–water partition coefficient (Wildman–Crippen LogP) is 4.30. The van der Waals surface area contributed by atoms with Crippen LogP contribution >= 0.6 is 11.3 Å². The quantitative estimate of drug-likeness (QED) is 0.583. The Morgan fingerprint density at radius 3 is 2.85 bits per heavy atom. The van der Waals surface area contributed by atoms with Gasteiger partial charge < -0.3 is 14.2 Å². The van der Waals surface area contributed by atoms with Crippen molar-refractivity contribution in [1.29, 1.82) is 0 Å². The summed E-state index contributed by atoms with van der Waals surface area (Å²) in [4.78, 5) is 20.1. The maximum atomic E-state index is 12.9. The molecule has 0 saturated carbocycles. The van der Waals surface area contributed by atoms with E-state index >= 15 is 0 Å². The molecule has 0 radical (unpaired) electrons. The topological polar surface area (TPSA) is 47.4 Å². The predicted molar refractivity (Wildman–Crippen MR) is 108 cm³/mol. The monoisotopic (exact) mass is 383 g/mol. The number of ether oxygens (including phenoxy) is 1. The van der Waals surface area contributed by atoms with Crippen molar-refractivity contribution in [3.63, 3.8) is 0 Å². The third-order valence-corrected chi connectivity index (χ3v) is 5.08. The second-order valence-electron chi connectivity index (χ2n) is 6.88. The van der Waals surface area contributed by atoms with Gasteiger partial charge in [0.2, 0.25) is 0 Å². The number of hydrogen-bond donors (Lipinski definition) is 0. The minimum Gasteiger partial charge on any atom is -0.497 e. The molecule has 5 nitrogen and oxygen atoms in total. The highest BCUT2D eigenvalue weighted by atomic mass is 32.1. The Hall–Kier alpha value is -2.60. The maximum absolute atomic E-state index is 12.9. The zero-order chi connectivity index (χ0) is 19.2. The maximum Gasteiger partial charge on any atom is 0.264 e. The third-order valence-electron chi connectivity index (χ3n) is 4.23. The largest absolute Gasteiger partial charge is 0.497 e. The summed E-state index contributed by atoms with van der Waals surface area (Å²) in [6, 6.07) is 11.8. The number of nitrogens with zero attached hydrogens (tertiary/aromatic N) is 3. The number of carbonyl (C=O) groups excluding carboxylic acids is 1. The molecule has 0 bridgehead atoms. The molecule has 27 heavy (non-hydrogen) atoms. The van der Waals surface area contributed by atoms with E-state index in [2.05, 4.69) is 29.5 Å². The van der Waals surface area contributed by atoms with Crippen LogP contribution in [0.2, 0.25) is 0 Å². The van der Waals surface area contributed by atoms with E-state index in [4.69, 9.17) is 4.74 Å². The number of carbonyl (C=O) groups is 1. The summed E-state index contributed by atoms with van der Waals surface area (Å²) in [5, 5.41) is 1.94. The standard InChI is InChI=1S/C21H25N3O2S/c1-16(2)13-24(21(25)19-8-5-11-27-19)15-20-22-9-10-23(20)14-17-6-4-7-18(12-17)26-3/h4-12,16H,13-15H2,1-3H3. The van der Waals surface area contributed by atoms with E-state index in [-0.39, 0.29) is 5.91 Å². The molecular weight excluding hydrogens is 358 g/mol. The lowest BCUT2D eigenvalue weighted by Crippen LogP contribution is -2.34. The van der Waals surface area contributed by atoms with Crippen LogP contribution in [-0.2, 0) is 13.1 Å². The van der Waals surface area contributed by atoms with Crippen LogP contribution in [-0.4, -0.2) is 34.0 Å². The van der Waals surface area contributed by atoms with Crippen molar-refractivity contribution in [3.8, 4) is 5.75 Å². The van der Waals surface area contributed by atoms with Crippen LogP contribution in [0.3, 0.4) is 0 Å². The highest BCUT2D eigenvalue weighted by Crippen LogP contribution is 2.18. The molecule has 0 spiro atoms. The minimum atomic E-state index is 0.0645. The van der Waals surface area contributed by atoms with Crippen LogP contribution in [0.4, 0.5) is 0 Å². The van der Waals surface area contributed by atoms with Gasteiger partial charge in [-0.2, -0.15) is 0 Å². The van der Waals surface area contributed by atoms with E-state index < -0.39 is 0 Å². The summed E-state index contributed by atoms with van der Waals surface area (Å²) < 4.78 is 7.40. The Morgan fingerprint density at radius 1 is 1.30 bits per heavy atom. The Kier molecular flexibility index (Phi) is 6.29. The zero-order valence-corrected chi connectivity index (χ0v) is 16.8. The first-order valence-corrected chi connectivity index (χ1v) is 9.90. The molecule has 6 heteroatoms. The second kappa shape index (κ2) is 8.86. The van der Waals surface area contributed by atoms with Gasteiger partial charge in [-0.1, -0.05) is 32.0 Å². The lowest BCUT2D eigenvalue weighted by molar-refractivity contribution is 0.0721. The highest BCUT2D eigenvalue weighted by molar-refractivity contribution is 7.12. The van der Waals surface area contributed by atoms with Crippen LogP contribution in [0.15, 0.2) is 54.2 Å². The van der Waals surface area contributed by atoms with Gasteiger partial charge in [-0.05, 0) is 35.1 Å². The van der Waals surface area contributed by atoms with Crippen molar-refractivity contribution in [3.05, 3.63) is 70.4 Å². The lowest BCUT2D eigenvalue weighted by Gasteiger charge is -2.24. The Morgan fingerprint density at radius 2 is 2.15 bits per heavy atom. The van der Waals surface area contributed by atoms with E-state index in [1.54, 1.807) is 13.3 Å². The molecule has 0 saturated heterocycles. The number of hydrogen-bond acceptors (Lipinski definition) is 4. The van der Waals surface area contributed by atoms with Crippen molar-refractivity contribution in [2.24, 2.45) is 5.92 Å². The first-order chi connectivity index (χ1) is 13.1. The summed E-state index contributed by atoms with van der Waals surface area (Å²) >= 11 is 1.48. The number of rotatable bonds is 8. The normalized spacial score (nSPS) is 11.0. The van der Waals surface area contributed by atoms with Crippen LogP contribution in [0.25, 0.3) is 0 Å². The number of methoxy groups -OCH3 is 1. The van der Waals surface area contributed by atoms with E-state index in [1.165, 1.54) is 11.3 Å². The van der Waals surface area contributed by atoms with Gasteiger partial charge in [0.15, 0.2) is 0 Å². The van der Waals surface area contributed by atoms with Crippen molar-refractivity contribution in [2.45, 2.75) is 26.9 Å². The lowest BCUT2D eigenvalue weighted by atomic mass is 10.2. The van der Waals surface area contributed by atoms with Gasteiger partial charge >= 0.3 is 0 Å². The van der Waals surface area contributed by atoms with Crippen LogP contribution < -0.4 is 4.74 Å². The molecule has 0 aliphatic heterocycles. The van der Waals surface area contributed by atoms with Gasteiger partial charge in [0.25, 0.3) is 5.91 Å². The number of amides is 1. The molecule has 3 rings (SSSR count). The van der Waals surface area contributed by atoms with Gasteiger partial charge in [-0.15, -0.1) is 11.3 Å². The SMILES string of the molecule is COc1cccc(Cn2ccnc2CN(CC(C)C)C(=O)c2cccs2)c1. The molecule has 0 aliphatic carbocycles. The van der Waals surface area contributed by atoms with Gasteiger partial charge in [0.05, 0.1) is 18.5 Å². The number of thiophene rings is 1. The molecule has 1 amide bonds. The van der Waals surface area contributed by atoms with Crippen molar-refractivity contribution < 1.29 is 9.53 Å². The first kappa shape index (κ1) is 19.2. The Balaban J connectivity index is 1.78. The average Bonchev–Trinajstić information content (AvgIpc) is 3.33. The highest BCUT2D eigenvalue weighted by Gasteiger charge is 2.20. The Bertz CT molecular complexity index is 871. The fourth-order valence-corrected chi connectivity index (χ4v) is 3.68. The van der Waals surface area contributed by atoms with Crippen LogP contribution in [0.5, 0.6) is 5.75 Å². The fourth-order valence-electron chi connectivity index (χ4n) is 2.99. The van der Waals surface area contributed by atoms with Gasteiger partial charge in [0, 0.05) is 25.5 Å². The number of aromatic nitrogens is 2. The molecule has 0 aliphatic rings. The smallest absolute Gasteiger partial charge is 0.264 e. The molecule has 142 valence electrons. The zero-order valence-electron chi connectivity index (χ0n) is 16.0. The summed E-state index contributed by atoms with van der Waals surface area (Å²) in [6.45, 7) is 6.12. The molecular formula is C21H25N3O2S. The molecule has 0 atom stereocenters. The summed E-state index contributed by atoms with van der Waals surface area (Å²) in [6.07, 6.45) is 3.75. The van der Waals surface area contributed by atoms with Crippen molar-refractivity contribution in [2.75, 3.05) is 13.7 Å². The van der Waals surface area contributed by atoms with Gasteiger partial charge in [-0.25, -0.2) is 4.98 Å². The van der Waals surface area contributed by atoms with Crippen molar-refractivity contribution >= 4 is 17.2 Å². The third kappa shape index (κ3) is 4.98. The van der Waals surface area contributed by atoms with E-state index in [0.717, 1.165) is 22.0 Å². The van der Waals surface area contributed by atoms with E-state index in [1.807, 2.05) is 46.8 Å². The Labute approximate surface area is 164 Å². The van der Waals surface area contributed by atoms with Crippen LogP contribution in [0.1, 0.15) is 34.9 Å². The van der Waals surface area contributed by atoms with E-state index in [9.17, 15) is 4.79 Å². The molecule has 2 aromatic heterocycles. The first-order valence-electron chi connectivity index (χ1n) is 9.02. The molecule has 2 heterocycles. The van der Waals surface area contributed by atoms with Gasteiger partial charge in [-0.3, -0.25) is 4.79 Å². The summed E-state index contributed by atoms with van der Waals surface area (Å²) in [5.74, 6) is 2.16. The molecule has 0 unspecified atom stereocenters. The molecule has 0 N–H and O–H groups in total. The fraction of sp³-hybridized carbons (Fsp3) is 0.333. The molecule has 1 aromatic carbocycles. The number of imidazole rings is 1. The average molecular weight is 384 g/mol. The molecule has 0 fully saturated rings. The van der Waals surface area contributed by atoms with Crippen LogP contribution in [0, 0.1) is 5.92 Å². The number of benzene rings is 1. The summed E-state index contributed by atoms with van der Waals surface area (Å²) in [7, 11) is 1.67. The van der Waals surface area contributed by atoms with E-state index in [0.29, 0.717) is 25.6 Å².